The molecular formula is C19H24N4O3. The van der Waals surface area contributed by atoms with Crippen molar-refractivity contribution in [1.29, 1.82) is 0 Å². The summed E-state index contributed by atoms with van der Waals surface area (Å²) in [6, 6.07) is 9.56. The highest BCUT2D eigenvalue weighted by molar-refractivity contribution is 5.94. The average Bonchev–Trinajstić information content (AvgIpc) is 3.27. The second kappa shape index (κ2) is 8.03. The molecule has 2 heterocycles. The minimum Gasteiger partial charge on any atom is -0.372 e. The molecule has 0 spiro atoms. The van der Waals surface area contributed by atoms with Crippen molar-refractivity contribution in [2.45, 2.75) is 33.1 Å². The van der Waals surface area contributed by atoms with Crippen molar-refractivity contribution in [2.75, 3.05) is 34.8 Å². The second-order valence-electron chi connectivity index (χ2n) is 6.51. The fraction of sp³-hybridized carbons (Fsp3) is 0.421. The van der Waals surface area contributed by atoms with E-state index < -0.39 is 0 Å². The summed E-state index contributed by atoms with van der Waals surface area (Å²) in [4.78, 5) is 27.8. The van der Waals surface area contributed by atoms with Gasteiger partial charge in [0.15, 0.2) is 5.82 Å². The Bertz CT molecular complexity index is 763. The van der Waals surface area contributed by atoms with Crippen molar-refractivity contribution in [3.05, 3.63) is 36.1 Å². The molecule has 1 fully saturated rings. The monoisotopic (exact) mass is 356 g/mol. The summed E-state index contributed by atoms with van der Waals surface area (Å²) >= 11 is 0. The Morgan fingerprint density at radius 2 is 1.92 bits per heavy atom. The maximum atomic E-state index is 12.2. The Morgan fingerprint density at radius 1 is 1.23 bits per heavy atom. The summed E-state index contributed by atoms with van der Waals surface area (Å²) in [5.74, 6) is 0.720. The molecule has 7 heteroatoms. The van der Waals surface area contributed by atoms with Crippen molar-refractivity contribution in [3.63, 3.8) is 0 Å². The van der Waals surface area contributed by atoms with Gasteiger partial charge in [0.1, 0.15) is 5.76 Å². The molecule has 2 aromatic rings. The standard InChI is InChI=1S/C19H24N4O3/c1-14-13-18(21-26-14)23(15(2)24)12-9-19(25)20-16-5-7-17(8-6-16)22-10-3-4-11-22/h5-8,13H,3-4,9-12H2,1-2H3,(H,20,25). The quantitative estimate of drug-likeness (QED) is 0.861. The van der Waals surface area contributed by atoms with Crippen LogP contribution in [0.25, 0.3) is 0 Å². The molecule has 0 atom stereocenters. The van der Waals surface area contributed by atoms with Gasteiger partial charge in [0.05, 0.1) is 0 Å². The van der Waals surface area contributed by atoms with Gasteiger partial charge in [-0.2, -0.15) is 0 Å². The summed E-state index contributed by atoms with van der Waals surface area (Å²) in [6.07, 6.45) is 2.64. The number of nitrogens with zero attached hydrogens (tertiary/aromatic N) is 3. The smallest absolute Gasteiger partial charge is 0.226 e. The molecule has 2 amide bonds. The first-order valence-electron chi connectivity index (χ1n) is 8.89. The Kier molecular flexibility index (Phi) is 5.55. The highest BCUT2D eigenvalue weighted by Gasteiger charge is 2.17. The van der Waals surface area contributed by atoms with Crippen molar-refractivity contribution in [3.8, 4) is 0 Å². The van der Waals surface area contributed by atoms with Gasteiger partial charge in [-0.05, 0) is 44.0 Å². The average molecular weight is 356 g/mol. The fourth-order valence-corrected chi connectivity index (χ4v) is 3.08. The first-order chi connectivity index (χ1) is 12.5. The van der Waals surface area contributed by atoms with E-state index >= 15 is 0 Å². The van der Waals surface area contributed by atoms with E-state index in [1.165, 1.54) is 30.4 Å². The normalized spacial score (nSPS) is 13.7. The van der Waals surface area contributed by atoms with Gasteiger partial charge < -0.3 is 14.7 Å². The van der Waals surface area contributed by atoms with E-state index in [1.54, 1.807) is 13.0 Å². The molecule has 0 bridgehead atoms. The van der Waals surface area contributed by atoms with Crippen LogP contribution in [-0.4, -0.2) is 36.6 Å². The van der Waals surface area contributed by atoms with Gasteiger partial charge in [0, 0.05) is 50.4 Å². The van der Waals surface area contributed by atoms with Crippen LogP contribution in [0.4, 0.5) is 17.2 Å². The maximum absolute atomic E-state index is 12.2. The SMILES string of the molecule is CC(=O)N(CCC(=O)Nc1ccc(N2CCCC2)cc1)c1cc(C)on1. The van der Waals surface area contributed by atoms with Gasteiger partial charge in [0.25, 0.3) is 0 Å². The lowest BCUT2D eigenvalue weighted by Gasteiger charge is -2.18. The third-order valence-electron chi connectivity index (χ3n) is 4.46. The summed E-state index contributed by atoms with van der Waals surface area (Å²) in [5, 5.41) is 6.71. The minimum atomic E-state index is -0.180. The molecule has 0 aliphatic carbocycles. The molecule has 138 valence electrons. The van der Waals surface area contributed by atoms with Gasteiger partial charge in [0.2, 0.25) is 11.8 Å². The molecule has 3 rings (SSSR count). The summed E-state index contributed by atoms with van der Waals surface area (Å²) in [6.45, 7) is 5.63. The maximum Gasteiger partial charge on any atom is 0.226 e. The summed E-state index contributed by atoms with van der Waals surface area (Å²) in [5.41, 5.74) is 1.94. The lowest BCUT2D eigenvalue weighted by molar-refractivity contribution is -0.117. The molecule has 0 saturated carbocycles. The lowest BCUT2D eigenvalue weighted by atomic mass is 10.2. The number of carbonyl (C=O) groups excluding carboxylic acids is 2. The van der Waals surface area contributed by atoms with Gasteiger partial charge in [-0.25, -0.2) is 0 Å². The second-order valence-corrected chi connectivity index (χ2v) is 6.51. The number of nitrogens with one attached hydrogen (secondary N) is 1. The van der Waals surface area contributed by atoms with Crippen molar-refractivity contribution >= 4 is 29.0 Å². The van der Waals surface area contributed by atoms with E-state index in [2.05, 4.69) is 15.4 Å². The van der Waals surface area contributed by atoms with Crippen LogP contribution in [0.5, 0.6) is 0 Å². The van der Waals surface area contributed by atoms with Gasteiger partial charge in [-0.1, -0.05) is 5.16 Å². The topological polar surface area (TPSA) is 78.7 Å². The van der Waals surface area contributed by atoms with Crippen molar-refractivity contribution in [1.82, 2.24) is 5.16 Å². The molecule has 1 aliphatic heterocycles. The van der Waals surface area contributed by atoms with Gasteiger partial charge >= 0.3 is 0 Å². The number of aryl methyl sites for hydroxylation is 1. The number of hydrogen-bond donors (Lipinski definition) is 1. The van der Waals surface area contributed by atoms with Crippen LogP contribution in [0.2, 0.25) is 0 Å². The van der Waals surface area contributed by atoms with Crippen LogP contribution >= 0.6 is 0 Å². The molecule has 1 aliphatic rings. The predicted octanol–water partition coefficient (Wildman–Crippen LogP) is 2.96. The summed E-state index contributed by atoms with van der Waals surface area (Å²) < 4.78 is 5.00. The van der Waals surface area contributed by atoms with Crippen molar-refractivity contribution in [2.24, 2.45) is 0 Å². The van der Waals surface area contributed by atoms with Crippen LogP contribution in [0.3, 0.4) is 0 Å². The first-order valence-corrected chi connectivity index (χ1v) is 8.89. The lowest BCUT2D eigenvalue weighted by Crippen LogP contribution is -2.32. The van der Waals surface area contributed by atoms with E-state index in [4.69, 9.17) is 4.52 Å². The Morgan fingerprint density at radius 3 is 2.50 bits per heavy atom. The molecule has 0 radical (unpaired) electrons. The van der Waals surface area contributed by atoms with Crippen LogP contribution in [-0.2, 0) is 9.59 Å². The van der Waals surface area contributed by atoms with E-state index in [9.17, 15) is 9.59 Å². The number of anilines is 3. The first kappa shape index (κ1) is 18.0. The fourth-order valence-electron chi connectivity index (χ4n) is 3.08. The van der Waals surface area contributed by atoms with Crippen LogP contribution in [0.1, 0.15) is 31.9 Å². The van der Waals surface area contributed by atoms with E-state index in [0.29, 0.717) is 11.6 Å². The third kappa shape index (κ3) is 4.41. The Labute approximate surface area is 152 Å². The van der Waals surface area contributed by atoms with Crippen molar-refractivity contribution < 1.29 is 14.1 Å². The molecule has 0 unspecified atom stereocenters. The molecule has 1 N–H and O–H groups in total. The molecule has 1 aromatic carbocycles. The molecule has 1 aromatic heterocycles. The molecule has 26 heavy (non-hydrogen) atoms. The highest BCUT2D eigenvalue weighted by Crippen LogP contribution is 2.22. The van der Waals surface area contributed by atoms with Crippen LogP contribution in [0.15, 0.2) is 34.9 Å². The Balaban J connectivity index is 1.53. The largest absolute Gasteiger partial charge is 0.372 e. The third-order valence-corrected chi connectivity index (χ3v) is 4.46. The zero-order valence-electron chi connectivity index (χ0n) is 15.2. The zero-order chi connectivity index (χ0) is 18.5. The molecule has 1 saturated heterocycles. The van der Waals surface area contributed by atoms with Gasteiger partial charge in [-0.15, -0.1) is 0 Å². The number of hydrogen-bond acceptors (Lipinski definition) is 5. The number of benzene rings is 1. The predicted molar refractivity (Wildman–Crippen MR) is 100 cm³/mol. The van der Waals surface area contributed by atoms with E-state index in [1.807, 2.05) is 24.3 Å². The Hall–Kier alpha value is -2.83. The van der Waals surface area contributed by atoms with E-state index in [-0.39, 0.29) is 24.8 Å². The molecular weight excluding hydrogens is 332 g/mol. The number of rotatable bonds is 6. The van der Waals surface area contributed by atoms with Crippen LogP contribution < -0.4 is 15.1 Å². The van der Waals surface area contributed by atoms with Gasteiger partial charge in [-0.3, -0.25) is 14.5 Å². The summed E-state index contributed by atoms with van der Waals surface area (Å²) in [7, 11) is 0. The molecule has 7 nitrogen and oxygen atoms in total. The highest BCUT2D eigenvalue weighted by atomic mass is 16.5. The number of carbonyl (C=O) groups is 2. The van der Waals surface area contributed by atoms with E-state index in [0.717, 1.165) is 18.8 Å². The zero-order valence-corrected chi connectivity index (χ0v) is 15.2. The number of amides is 2. The minimum absolute atomic E-state index is 0.148. The van der Waals surface area contributed by atoms with Crippen LogP contribution in [0, 0.1) is 6.92 Å². The number of aromatic nitrogens is 1.